The number of phenolic OH excluding ortho intramolecular Hbond substituents is 1. The number of hydrogen-bond acceptors (Lipinski definition) is 16. The Kier molecular flexibility index (Phi) is 9.70. The summed E-state index contributed by atoms with van der Waals surface area (Å²) in [5, 5.41) is 16.7. The minimum absolute atomic E-state index is 0.00311. The molecule has 3 aromatic rings. The zero-order chi connectivity index (χ0) is 36.6. The highest BCUT2D eigenvalue weighted by atomic mass is 32.2. The number of phenols is 1. The monoisotopic (exact) mass is 731 g/mol. The first-order valence-electron chi connectivity index (χ1n) is 16.7. The van der Waals surface area contributed by atoms with E-state index in [-0.39, 0.29) is 52.4 Å². The molecule has 1 unspecified atom stereocenters. The van der Waals surface area contributed by atoms with Crippen LogP contribution in [0.3, 0.4) is 0 Å². The number of hydrogen-bond donors (Lipinski definition) is 9. The second-order valence-electron chi connectivity index (χ2n) is 13.3. The summed E-state index contributed by atoms with van der Waals surface area (Å²) in [7, 11) is -3.91. The van der Waals surface area contributed by atoms with E-state index in [1.165, 1.54) is 36.4 Å². The molecule has 1 aromatic heterocycles. The van der Waals surface area contributed by atoms with Gasteiger partial charge in [-0.25, -0.2) is 8.42 Å². The zero-order valence-corrected chi connectivity index (χ0v) is 28.8. The lowest BCUT2D eigenvalue weighted by atomic mass is 10.0. The summed E-state index contributed by atoms with van der Waals surface area (Å²) in [6.07, 6.45) is 8.01. The van der Waals surface area contributed by atoms with Crippen molar-refractivity contribution in [1.82, 2.24) is 25.2 Å². The van der Waals surface area contributed by atoms with Gasteiger partial charge in [-0.2, -0.15) is 15.0 Å². The Morgan fingerprint density at radius 2 is 1.44 bits per heavy atom. The average Bonchev–Trinajstić information content (AvgIpc) is 3.55. The molecule has 7 rings (SSSR count). The minimum Gasteiger partial charge on any atom is -0.507 e. The molecule has 3 aliphatic heterocycles. The molecule has 13 N–H and O–H groups in total. The fraction of sp³-hybridized carbons (Fsp3) is 0.333. The van der Waals surface area contributed by atoms with Crippen molar-refractivity contribution in [3.8, 4) is 5.75 Å². The molecule has 19 heteroatoms. The number of aromatic nitrogens is 3. The molecule has 2 saturated heterocycles. The molecular weight excluding hydrogens is 691 g/mol. The van der Waals surface area contributed by atoms with Crippen LogP contribution in [0.15, 0.2) is 83.1 Å². The number of aromatic hydroxyl groups is 1. The third kappa shape index (κ3) is 7.93. The number of rotatable bonds is 9. The highest BCUT2D eigenvalue weighted by molar-refractivity contribution is 7.89. The summed E-state index contributed by atoms with van der Waals surface area (Å²) in [5.74, 6) is 0.0521. The number of nitrogens with two attached hydrogens (primary N) is 4. The Hall–Kier alpha value is -5.31. The van der Waals surface area contributed by atoms with Crippen LogP contribution in [-0.2, 0) is 14.9 Å². The first kappa shape index (κ1) is 35.1. The van der Waals surface area contributed by atoms with Crippen LogP contribution in [0.5, 0.6) is 5.75 Å². The number of anilines is 5. The van der Waals surface area contributed by atoms with Crippen molar-refractivity contribution in [3.63, 3.8) is 0 Å². The van der Waals surface area contributed by atoms with Crippen LogP contribution in [0.1, 0.15) is 23.2 Å². The average molecular weight is 732 g/mol. The quantitative estimate of drug-likeness (QED) is 0.138. The van der Waals surface area contributed by atoms with Gasteiger partial charge in [0.15, 0.2) is 0 Å². The van der Waals surface area contributed by atoms with Gasteiger partial charge in [0.25, 0.3) is 15.9 Å². The molecule has 4 aliphatic rings. The Balaban J connectivity index is 1.04. The number of hydroxylamine groups is 1. The van der Waals surface area contributed by atoms with Crippen LogP contribution in [0.2, 0.25) is 0 Å². The molecule has 0 saturated carbocycles. The molecule has 18 nitrogen and oxygen atoms in total. The molecule has 4 heterocycles. The molecule has 274 valence electrons. The first-order chi connectivity index (χ1) is 24.9. The van der Waals surface area contributed by atoms with Gasteiger partial charge in [0.05, 0.1) is 16.5 Å². The van der Waals surface area contributed by atoms with E-state index in [1.54, 1.807) is 30.6 Å². The molecular formula is C33H41N13O5S. The fourth-order valence-corrected chi connectivity index (χ4v) is 7.57. The van der Waals surface area contributed by atoms with Crippen molar-refractivity contribution in [1.29, 1.82) is 0 Å². The number of piperidine rings is 2. The molecule has 2 aromatic carbocycles. The van der Waals surface area contributed by atoms with Gasteiger partial charge in [0.1, 0.15) is 12.0 Å². The molecule has 0 spiro atoms. The van der Waals surface area contributed by atoms with Crippen molar-refractivity contribution < 1.29 is 23.2 Å². The highest BCUT2D eigenvalue weighted by Crippen LogP contribution is 2.28. The van der Waals surface area contributed by atoms with Crippen molar-refractivity contribution in [3.05, 3.63) is 83.8 Å². The van der Waals surface area contributed by atoms with E-state index < -0.39 is 15.9 Å². The summed E-state index contributed by atoms with van der Waals surface area (Å²) in [6, 6.07) is 9.22. The van der Waals surface area contributed by atoms with E-state index >= 15 is 0 Å². The normalized spacial score (nSPS) is 24.3. The fourth-order valence-electron chi connectivity index (χ4n) is 6.52. The summed E-state index contributed by atoms with van der Waals surface area (Å²) >= 11 is 0. The smallest absolute Gasteiger partial charge is 0.261 e. The predicted molar refractivity (Wildman–Crippen MR) is 195 cm³/mol. The molecule has 52 heavy (non-hydrogen) atoms. The van der Waals surface area contributed by atoms with Crippen molar-refractivity contribution in [2.24, 2.45) is 22.9 Å². The Labute approximate surface area is 300 Å². The topological polar surface area (TPSA) is 278 Å². The maximum atomic E-state index is 13.1. The van der Waals surface area contributed by atoms with E-state index in [0.717, 1.165) is 5.57 Å². The Bertz CT molecular complexity index is 1980. The molecule has 2 fully saturated rings. The Morgan fingerprint density at radius 3 is 2.04 bits per heavy atom. The SMILES string of the molecule is N[C@@H]1C[C@H](N)CN(c2nc(Nc3ccc(C(=O)Nc4ccc(S(=O)(=O)NC5=CC6NOC=C6C=C5)cc4)c(O)c3)nc(N3C[C@H](N)C[C@H](N)C3)n2)C1. The van der Waals surface area contributed by atoms with Gasteiger partial charge in [-0.3, -0.25) is 9.52 Å². The predicted octanol–water partition coefficient (Wildman–Crippen LogP) is -0.178. The van der Waals surface area contributed by atoms with Crippen LogP contribution < -0.4 is 53.6 Å². The highest BCUT2D eigenvalue weighted by Gasteiger charge is 2.29. The van der Waals surface area contributed by atoms with E-state index in [4.69, 9.17) is 32.8 Å². The van der Waals surface area contributed by atoms with Crippen LogP contribution in [0.4, 0.5) is 29.2 Å². The largest absolute Gasteiger partial charge is 0.507 e. The number of amides is 1. The number of sulfonamides is 1. The maximum absolute atomic E-state index is 13.1. The van der Waals surface area contributed by atoms with Gasteiger partial charge in [-0.05, 0) is 61.4 Å². The number of nitrogens with zero attached hydrogens (tertiary/aromatic N) is 5. The van der Waals surface area contributed by atoms with Gasteiger partial charge >= 0.3 is 0 Å². The lowest BCUT2D eigenvalue weighted by Crippen LogP contribution is -2.54. The van der Waals surface area contributed by atoms with Crippen LogP contribution in [-0.4, -0.2) is 90.8 Å². The maximum Gasteiger partial charge on any atom is 0.261 e. The Morgan fingerprint density at radius 1 is 0.846 bits per heavy atom. The third-order valence-electron chi connectivity index (χ3n) is 8.93. The number of allylic oxidation sites excluding steroid dienone is 1. The number of benzene rings is 2. The summed E-state index contributed by atoms with van der Waals surface area (Å²) in [6.45, 7) is 2.05. The van der Waals surface area contributed by atoms with Gasteiger partial charge in [0, 0.05) is 79.1 Å². The first-order valence-corrected chi connectivity index (χ1v) is 18.2. The van der Waals surface area contributed by atoms with Gasteiger partial charge < -0.3 is 53.3 Å². The van der Waals surface area contributed by atoms with E-state index in [2.05, 4.69) is 30.8 Å². The van der Waals surface area contributed by atoms with Gasteiger partial charge in [-0.15, -0.1) is 5.48 Å². The molecule has 0 bridgehead atoms. The minimum atomic E-state index is -3.91. The van der Waals surface area contributed by atoms with E-state index in [0.29, 0.717) is 68.0 Å². The zero-order valence-electron chi connectivity index (χ0n) is 28.0. The number of carbonyl (C=O) groups excluding carboxylic acids is 1. The summed E-state index contributed by atoms with van der Waals surface area (Å²) < 4.78 is 28.5. The molecule has 5 atom stereocenters. The van der Waals surface area contributed by atoms with E-state index in [9.17, 15) is 18.3 Å². The lowest BCUT2D eigenvalue weighted by molar-refractivity contribution is 0.102. The van der Waals surface area contributed by atoms with Crippen molar-refractivity contribution in [2.45, 2.75) is 47.9 Å². The standard InChI is InChI=1S/C33H41N13O5S/c34-19-9-20(35)14-45(13-19)32-40-31(41-33(42-32)46-15-21(36)10-22(37)16-46)39-24-5-8-27(29(47)12-24)30(48)38-23-3-6-26(7-4-23)52(49,50)44-25-2-1-18-17-51-43-28(18)11-25/h1-8,11-12,17,19-22,28,43-44,47H,9-10,13-16,34-37H2,(H,38,48)(H,39,40,41,42)/t19-,20+,21-,22+,28?. The molecule has 1 amide bonds. The second kappa shape index (κ2) is 14.4. The van der Waals surface area contributed by atoms with Crippen LogP contribution in [0.25, 0.3) is 0 Å². The van der Waals surface area contributed by atoms with Gasteiger partial charge in [-0.1, -0.05) is 6.08 Å². The van der Waals surface area contributed by atoms with Crippen molar-refractivity contribution in [2.75, 3.05) is 46.6 Å². The summed E-state index contributed by atoms with van der Waals surface area (Å²) in [4.78, 5) is 36.0. The summed E-state index contributed by atoms with van der Waals surface area (Å²) in [5.41, 5.74) is 29.8. The lowest BCUT2D eigenvalue weighted by Gasteiger charge is -2.37. The van der Waals surface area contributed by atoms with Gasteiger partial charge in [0.2, 0.25) is 17.8 Å². The number of fused-ring (bicyclic) bond motifs is 1. The molecule has 0 radical (unpaired) electrons. The van der Waals surface area contributed by atoms with Crippen LogP contribution in [0, 0.1) is 0 Å². The van der Waals surface area contributed by atoms with Crippen LogP contribution >= 0.6 is 0 Å². The third-order valence-corrected chi connectivity index (χ3v) is 10.3. The van der Waals surface area contributed by atoms with E-state index in [1.807, 2.05) is 9.80 Å². The van der Waals surface area contributed by atoms with Crippen molar-refractivity contribution >= 4 is 45.2 Å². The second-order valence-corrected chi connectivity index (χ2v) is 15.0. The number of nitrogens with one attached hydrogen (secondary N) is 4. The molecule has 1 aliphatic carbocycles. The number of carbonyl (C=O) groups is 1.